The van der Waals surface area contributed by atoms with Crippen molar-refractivity contribution in [3.05, 3.63) is 59.1 Å². The van der Waals surface area contributed by atoms with Crippen molar-refractivity contribution in [3.8, 4) is 5.75 Å². The van der Waals surface area contributed by atoms with Crippen molar-refractivity contribution in [3.63, 3.8) is 0 Å². The van der Waals surface area contributed by atoms with Crippen molar-refractivity contribution in [1.29, 1.82) is 0 Å². The molecule has 0 fully saturated rings. The van der Waals surface area contributed by atoms with Crippen molar-refractivity contribution in [2.75, 3.05) is 24.6 Å². The number of para-hydroxylation sites is 1. The predicted molar refractivity (Wildman–Crippen MR) is 97.1 cm³/mol. The Bertz CT molecular complexity index is 675. The monoisotopic (exact) mass is 347 g/mol. The smallest absolute Gasteiger partial charge is 0.432 e. The lowest BCUT2D eigenvalue weighted by molar-refractivity contribution is 0.101. The molecule has 0 heterocycles. The first kappa shape index (κ1) is 18.1. The molecular weight excluding hydrogens is 326 g/mol. The molecule has 0 aliphatic carbocycles. The van der Waals surface area contributed by atoms with Gasteiger partial charge in [-0.05, 0) is 43.2 Å². The molecule has 5 heteroatoms. The number of aryl methyl sites for hydroxylation is 1. The van der Waals surface area contributed by atoms with Crippen LogP contribution < -0.4 is 9.64 Å². The van der Waals surface area contributed by atoms with Gasteiger partial charge in [0.15, 0.2) is 0 Å². The zero-order valence-corrected chi connectivity index (χ0v) is 14.8. The minimum absolute atomic E-state index is 0.244. The Balaban J connectivity index is 1.85. The number of anilines is 1. The molecule has 0 aliphatic heterocycles. The molecule has 0 amide bonds. The van der Waals surface area contributed by atoms with E-state index < -0.39 is 6.16 Å². The van der Waals surface area contributed by atoms with Crippen LogP contribution in [0.25, 0.3) is 0 Å². The van der Waals surface area contributed by atoms with Crippen LogP contribution in [0, 0.1) is 0 Å². The lowest BCUT2D eigenvalue weighted by Crippen LogP contribution is -2.28. The van der Waals surface area contributed by atoms with E-state index in [0.717, 1.165) is 24.2 Å². The number of hydrogen-bond acceptors (Lipinski definition) is 4. The van der Waals surface area contributed by atoms with Gasteiger partial charge in [-0.25, -0.2) is 4.79 Å². The fraction of sp³-hybridized carbons (Fsp3) is 0.316. The lowest BCUT2D eigenvalue weighted by atomic mass is 10.1. The molecule has 0 bridgehead atoms. The van der Waals surface area contributed by atoms with Gasteiger partial charge in [-0.3, -0.25) is 0 Å². The highest BCUT2D eigenvalue weighted by Crippen LogP contribution is 2.20. The zero-order chi connectivity index (χ0) is 17.4. The predicted octanol–water partition coefficient (Wildman–Crippen LogP) is 4.94. The SMILES string of the molecule is CCc1ccccc1OC(=O)OCCN(CC)c1cccc(Cl)c1. The minimum Gasteiger partial charge on any atom is -0.432 e. The third kappa shape index (κ3) is 5.17. The van der Waals surface area contributed by atoms with E-state index in [1.165, 1.54) is 0 Å². The topological polar surface area (TPSA) is 38.8 Å². The molecule has 0 atom stereocenters. The molecule has 4 nitrogen and oxygen atoms in total. The van der Waals surface area contributed by atoms with Crippen LogP contribution in [-0.4, -0.2) is 25.9 Å². The Morgan fingerprint density at radius 1 is 1.12 bits per heavy atom. The molecule has 2 aromatic rings. The highest BCUT2D eigenvalue weighted by Gasteiger charge is 2.11. The molecule has 0 saturated heterocycles. The second-order valence-corrected chi connectivity index (χ2v) is 5.66. The van der Waals surface area contributed by atoms with Gasteiger partial charge in [-0.15, -0.1) is 0 Å². The summed E-state index contributed by atoms with van der Waals surface area (Å²) >= 11 is 6.02. The number of hydrogen-bond donors (Lipinski definition) is 0. The third-order valence-corrected chi connectivity index (χ3v) is 3.92. The Hall–Kier alpha value is -2.20. The van der Waals surface area contributed by atoms with Crippen LogP contribution in [-0.2, 0) is 11.2 Å². The van der Waals surface area contributed by atoms with Gasteiger partial charge in [0.25, 0.3) is 0 Å². The van der Waals surface area contributed by atoms with Crippen LogP contribution >= 0.6 is 11.6 Å². The van der Waals surface area contributed by atoms with Crippen LogP contribution in [0.4, 0.5) is 10.5 Å². The summed E-state index contributed by atoms with van der Waals surface area (Å²) in [6.45, 7) is 5.65. The summed E-state index contributed by atoms with van der Waals surface area (Å²) in [7, 11) is 0. The first-order valence-corrected chi connectivity index (χ1v) is 8.44. The van der Waals surface area contributed by atoms with Gasteiger partial charge in [0.05, 0.1) is 6.54 Å². The van der Waals surface area contributed by atoms with Gasteiger partial charge in [0, 0.05) is 17.3 Å². The highest BCUT2D eigenvalue weighted by atomic mass is 35.5. The first-order chi connectivity index (χ1) is 11.6. The molecule has 0 radical (unpaired) electrons. The number of likely N-dealkylation sites (N-methyl/N-ethyl adjacent to an activating group) is 1. The summed E-state index contributed by atoms with van der Waals surface area (Å²) < 4.78 is 10.5. The number of rotatable bonds is 7. The van der Waals surface area contributed by atoms with Crippen LogP contribution in [0.5, 0.6) is 5.75 Å². The summed E-state index contributed by atoms with van der Waals surface area (Å²) in [4.78, 5) is 13.9. The molecule has 0 unspecified atom stereocenters. The van der Waals surface area contributed by atoms with Gasteiger partial charge < -0.3 is 14.4 Å². The van der Waals surface area contributed by atoms with Crippen LogP contribution in [0.3, 0.4) is 0 Å². The Labute approximate surface area is 147 Å². The van der Waals surface area contributed by atoms with Crippen LogP contribution in [0.2, 0.25) is 5.02 Å². The molecular formula is C19H22ClNO3. The molecule has 2 aromatic carbocycles. The molecule has 2 rings (SSSR count). The molecule has 128 valence electrons. The van der Waals surface area contributed by atoms with Gasteiger partial charge in [0.2, 0.25) is 0 Å². The maximum atomic E-state index is 11.9. The fourth-order valence-electron chi connectivity index (χ4n) is 2.40. The van der Waals surface area contributed by atoms with E-state index in [9.17, 15) is 4.79 Å². The molecule has 24 heavy (non-hydrogen) atoms. The summed E-state index contributed by atoms with van der Waals surface area (Å²) in [6.07, 6.45) is 0.111. The van der Waals surface area contributed by atoms with E-state index in [1.54, 1.807) is 6.07 Å². The Morgan fingerprint density at radius 2 is 1.92 bits per heavy atom. The standard InChI is InChI=1S/C19H22ClNO3/c1-3-15-8-5-6-11-18(15)24-19(22)23-13-12-21(4-2)17-10-7-9-16(20)14-17/h5-11,14H,3-4,12-13H2,1-2H3. The summed E-state index contributed by atoms with van der Waals surface area (Å²) in [5.74, 6) is 0.548. The summed E-state index contributed by atoms with van der Waals surface area (Å²) in [5, 5.41) is 0.683. The summed E-state index contributed by atoms with van der Waals surface area (Å²) in [6, 6.07) is 15.0. The van der Waals surface area contributed by atoms with Crippen molar-refractivity contribution in [1.82, 2.24) is 0 Å². The Morgan fingerprint density at radius 3 is 2.62 bits per heavy atom. The van der Waals surface area contributed by atoms with Gasteiger partial charge >= 0.3 is 6.16 Å². The largest absolute Gasteiger partial charge is 0.513 e. The van der Waals surface area contributed by atoms with E-state index in [4.69, 9.17) is 21.1 Å². The number of ether oxygens (including phenoxy) is 2. The molecule has 0 aromatic heterocycles. The second kappa shape index (κ2) is 9.18. The van der Waals surface area contributed by atoms with Gasteiger partial charge in [-0.2, -0.15) is 0 Å². The second-order valence-electron chi connectivity index (χ2n) is 5.22. The lowest BCUT2D eigenvalue weighted by Gasteiger charge is -2.23. The average Bonchev–Trinajstić information content (AvgIpc) is 2.59. The van der Waals surface area contributed by atoms with Gasteiger partial charge in [0.1, 0.15) is 12.4 Å². The van der Waals surface area contributed by atoms with E-state index in [1.807, 2.05) is 56.3 Å². The van der Waals surface area contributed by atoms with E-state index in [2.05, 4.69) is 4.90 Å². The first-order valence-electron chi connectivity index (χ1n) is 8.07. The van der Waals surface area contributed by atoms with E-state index in [-0.39, 0.29) is 6.61 Å². The molecule has 0 saturated carbocycles. The minimum atomic E-state index is -0.682. The van der Waals surface area contributed by atoms with E-state index >= 15 is 0 Å². The maximum absolute atomic E-state index is 11.9. The molecule has 0 N–H and O–H groups in total. The number of carbonyl (C=O) groups is 1. The normalized spacial score (nSPS) is 10.3. The maximum Gasteiger partial charge on any atom is 0.513 e. The fourth-order valence-corrected chi connectivity index (χ4v) is 2.58. The number of carbonyl (C=O) groups excluding carboxylic acids is 1. The van der Waals surface area contributed by atoms with Gasteiger partial charge in [-0.1, -0.05) is 42.8 Å². The van der Waals surface area contributed by atoms with Crippen molar-refractivity contribution in [2.24, 2.45) is 0 Å². The quantitative estimate of drug-likeness (QED) is 0.525. The zero-order valence-electron chi connectivity index (χ0n) is 14.0. The summed E-state index contributed by atoms with van der Waals surface area (Å²) in [5.41, 5.74) is 1.97. The van der Waals surface area contributed by atoms with E-state index in [0.29, 0.717) is 17.3 Å². The van der Waals surface area contributed by atoms with Crippen LogP contribution in [0.15, 0.2) is 48.5 Å². The number of halogens is 1. The number of nitrogens with zero attached hydrogens (tertiary/aromatic N) is 1. The molecule has 0 spiro atoms. The third-order valence-electron chi connectivity index (χ3n) is 3.68. The molecule has 0 aliphatic rings. The highest BCUT2D eigenvalue weighted by molar-refractivity contribution is 6.30. The average molecular weight is 348 g/mol. The number of benzene rings is 2. The van der Waals surface area contributed by atoms with Crippen molar-refractivity contribution in [2.45, 2.75) is 20.3 Å². The van der Waals surface area contributed by atoms with Crippen molar-refractivity contribution < 1.29 is 14.3 Å². The Kier molecular flexibility index (Phi) is 6.94. The van der Waals surface area contributed by atoms with Crippen molar-refractivity contribution >= 4 is 23.4 Å². The van der Waals surface area contributed by atoms with Crippen LogP contribution in [0.1, 0.15) is 19.4 Å².